The summed E-state index contributed by atoms with van der Waals surface area (Å²) in [5.74, 6) is 0.633. The van der Waals surface area contributed by atoms with Gasteiger partial charge in [0, 0.05) is 15.7 Å². The predicted octanol–water partition coefficient (Wildman–Crippen LogP) is 3.47. The van der Waals surface area contributed by atoms with Gasteiger partial charge < -0.3 is 11.1 Å². The van der Waals surface area contributed by atoms with Crippen LogP contribution in [0, 0.1) is 6.92 Å². The van der Waals surface area contributed by atoms with Crippen molar-refractivity contribution < 1.29 is 0 Å². The van der Waals surface area contributed by atoms with Gasteiger partial charge in [-0.05, 0) is 44.7 Å². The van der Waals surface area contributed by atoms with E-state index >= 15 is 0 Å². The summed E-state index contributed by atoms with van der Waals surface area (Å²) < 4.78 is 0.241. The summed E-state index contributed by atoms with van der Waals surface area (Å²) in [6, 6.07) is 9.43. The molecule has 0 saturated heterocycles. The van der Waals surface area contributed by atoms with E-state index in [1.165, 1.54) is 49.0 Å². The van der Waals surface area contributed by atoms with Crippen molar-refractivity contribution in [2.24, 2.45) is 10.7 Å². The summed E-state index contributed by atoms with van der Waals surface area (Å²) in [6.07, 6.45) is 7.57. The van der Waals surface area contributed by atoms with Crippen LogP contribution >= 0.6 is 11.8 Å². The van der Waals surface area contributed by atoms with E-state index in [-0.39, 0.29) is 4.75 Å². The topological polar surface area (TPSA) is 50.4 Å². The molecule has 114 valence electrons. The number of thioether (sulfide) groups is 1. The molecule has 0 unspecified atom stereocenters. The predicted molar refractivity (Wildman–Crippen MR) is 90.9 cm³/mol. The molecule has 1 aromatic rings. The Morgan fingerprint density at radius 2 is 1.95 bits per heavy atom. The number of aryl methyl sites for hydroxylation is 1. The van der Waals surface area contributed by atoms with E-state index in [9.17, 15) is 0 Å². The lowest BCUT2D eigenvalue weighted by molar-refractivity contribution is 0.617. The monoisotopic (exact) mass is 303 g/mol. The second kappa shape index (κ2) is 6.30. The molecule has 0 amide bonds. The van der Waals surface area contributed by atoms with Crippen LogP contribution in [0.4, 0.5) is 0 Å². The summed E-state index contributed by atoms with van der Waals surface area (Å²) in [5, 5.41) is 3.28. The van der Waals surface area contributed by atoms with Crippen LogP contribution in [0.1, 0.15) is 44.1 Å². The molecule has 1 aromatic carbocycles. The molecule has 2 aliphatic rings. The number of nitrogens with zero attached hydrogens (tertiary/aromatic N) is 1. The fourth-order valence-electron chi connectivity index (χ4n) is 2.88. The third kappa shape index (κ3) is 4.16. The summed E-state index contributed by atoms with van der Waals surface area (Å²) in [5.41, 5.74) is 7.31. The minimum absolute atomic E-state index is 0.241. The highest BCUT2D eigenvalue weighted by Gasteiger charge is 2.35. The highest BCUT2D eigenvalue weighted by molar-refractivity contribution is 8.00. The molecular weight excluding hydrogens is 278 g/mol. The first-order valence-corrected chi connectivity index (χ1v) is 8.79. The number of rotatable bonds is 5. The van der Waals surface area contributed by atoms with Gasteiger partial charge in [-0.3, -0.25) is 4.99 Å². The first-order chi connectivity index (χ1) is 10.2. The van der Waals surface area contributed by atoms with E-state index in [0.717, 1.165) is 6.54 Å². The lowest BCUT2D eigenvalue weighted by Gasteiger charge is -2.26. The van der Waals surface area contributed by atoms with E-state index in [0.29, 0.717) is 12.0 Å². The molecule has 2 saturated carbocycles. The van der Waals surface area contributed by atoms with Gasteiger partial charge in [-0.1, -0.05) is 30.5 Å². The van der Waals surface area contributed by atoms with E-state index < -0.39 is 0 Å². The van der Waals surface area contributed by atoms with E-state index in [1.807, 2.05) is 11.8 Å². The third-order valence-electron chi connectivity index (χ3n) is 4.34. The average molecular weight is 303 g/mol. The van der Waals surface area contributed by atoms with Crippen molar-refractivity contribution in [3.63, 3.8) is 0 Å². The van der Waals surface area contributed by atoms with Gasteiger partial charge in [-0.2, -0.15) is 0 Å². The maximum absolute atomic E-state index is 5.99. The molecule has 0 heterocycles. The first-order valence-electron chi connectivity index (χ1n) is 7.97. The number of guanidine groups is 1. The maximum atomic E-state index is 5.99. The Bertz CT molecular complexity index is 499. The van der Waals surface area contributed by atoms with Crippen LogP contribution in [0.15, 0.2) is 34.2 Å². The van der Waals surface area contributed by atoms with Gasteiger partial charge >= 0.3 is 0 Å². The van der Waals surface area contributed by atoms with Gasteiger partial charge in [0.1, 0.15) is 0 Å². The number of aliphatic imine (C=N–C) groups is 1. The Balaban J connectivity index is 1.65. The van der Waals surface area contributed by atoms with Crippen LogP contribution in [-0.2, 0) is 0 Å². The van der Waals surface area contributed by atoms with Crippen LogP contribution < -0.4 is 11.1 Å². The molecule has 0 spiro atoms. The van der Waals surface area contributed by atoms with Crippen LogP contribution in [-0.4, -0.2) is 23.3 Å². The largest absolute Gasteiger partial charge is 0.370 e. The van der Waals surface area contributed by atoms with Gasteiger partial charge in [0.15, 0.2) is 5.96 Å². The van der Waals surface area contributed by atoms with Crippen molar-refractivity contribution in [2.45, 2.75) is 61.1 Å². The molecule has 2 fully saturated rings. The van der Waals surface area contributed by atoms with Crippen LogP contribution in [0.2, 0.25) is 0 Å². The summed E-state index contributed by atoms with van der Waals surface area (Å²) in [6.45, 7) is 2.96. The highest BCUT2D eigenvalue weighted by Crippen LogP contribution is 2.45. The second-order valence-electron chi connectivity index (χ2n) is 6.43. The molecule has 4 heteroatoms. The molecule has 0 atom stereocenters. The van der Waals surface area contributed by atoms with Crippen molar-refractivity contribution in [1.29, 1.82) is 0 Å². The summed E-state index contributed by atoms with van der Waals surface area (Å²) >= 11 is 1.99. The molecule has 3 N–H and O–H groups in total. The highest BCUT2D eigenvalue weighted by atomic mass is 32.2. The molecule has 2 aliphatic carbocycles. The molecule has 0 aromatic heterocycles. The Labute approximate surface area is 131 Å². The average Bonchev–Trinajstić information content (AvgIpc) is 3.16. The molecule has 3 rings (SSSR count). The molecule has 0 aliphatic heterocycles. The normalized spacial score (nSPS) is 21.5. The quantitative estimate of drug-likeness (QED) is 0.647. The number of hydrogen-bond donors (Lipinski definition) is 2. The van der Waals surface area contributed by atoms with E-state index in [1.54, 1.807) is 0 Å². The fraction of sp³-hybridized carbons (Fsp3) is 0.588. The summed E-state index contributed by atoms with van der Waals surface area (Å²) in [4.78, 5) is 5.99. The van der Waals surface area contributed by atoms with Crippen molar-refractivity contribution in [2.75, 3.05) is 6.54 Å². The molecule has 0 radical (unpaired) electrons. The minimum Gasteiger partial charge on any atom is -0.370 e. The van der Waals surface area contributed by atoms with Crippen LogP contribution in [0.5, 0.6) is 0 Å². The van der Waals surface area contributed by atoms with Gasteiger partial charge in [-0.25, -0.2) is 0 Å². The lowest BCUT2D eigenvalue weighted by atomic mass is 10.1. The maximum Gasteiger partial charge on any atom is 0.188 e. The Morgan fingerprint density at radius 3 is 2.57 bits per heavy atom. The van der Waals surface area contributed by atoms with Gasteiger partial charge in [0.25, 0.3) is 0 Å². The van der Waals surface area contributed by atoms with Crippen molar-refractivity contribution in [1.82, 2.24) is 5.32 Å². The minimum atomic E-state index is 0.241. The molecule has 3 nitrogen and oxygen atoms in total. The van der Waals surface area contributed by atoms with Gasteiger partial charge in [0.05, 0.1) is 6.54 Å². The Hall–Kier alpha value is -1.16. The smallest absolute Gasteiger partial charge is 0.188 e. The molecular formula is C17H25N3S. The van der Waals surface area contributed by atoms with E-state index in [4.69, 9.17) is 5.73 Å². The molecule has 0 bridgehead atoms. The summed E-state index contributed by atoms with van der Waals surface area (Å²) in [7, 11) is 0. The zero-order valence-corrected chi connectivity index (χ0v) is 13.6. The zero-order valence-electron chi connectivity index (χ0n) is 12.8. The number of hydrogen-bond acceptors (Lipinski definition) is 2. The van der Waals surface area contributed by atoms with Crippen LogP contribution in [0.3, 0.4) is 0 Å². The third-order valence-corrected chi connectivity index (χ3v) is 5.82. The lowest BCUT2D eigenvalue weighted by Crippen LogP contribution is -2.35. The Morgan fingerprint density at radius 1 is 1.29 bits per heavy atom. The standard InChI is InChI=1S/C17H25N3S/c1-13-4-8-15(9-5-13)21-17(10-2-3-11-17)12-19-16(18)20-14-6-7-14/h4-5,8-9,14H,2-3,6-7,10-12H2,1H3,(H3,18,19,20). The fourth-order valence-corrected chi connectivity index (χ4v) is 4.27. The second-order valence-corrected chi connectivity index (χ2v) is 7.97. The number of nitrogens with one attached hydrogen (secondary N) is 1. The Kier molecular flexibility index (Phi) is 4.43. The van der Waals surface area contributed by atoms with E-state index in [2.05, 4.69) is 41.5 Å². The van der Waals surface area contributed by atoms with Crippen LogP contribution in [0.25, 0.3) is 0 Å². The van der Waals surface area contributed by atoms with Gasteiger partial charge in [-0.15, -0.1) is 11.8 Å². The molecule has 21 heavy (non-hydrogen) atoms. The number of nitrogens with two attached hydrogens (primary N) is 1. The SMILES string of the molecule is Cc1ccc(SC2(CN=C(N)NC3CC3)CCCC2)cc1. The zero-order chi connectivity index (χ0) is 14.7. The van der Waals surface area contributed by atoms with Crippen molar-refractivity contribution in [3.8, 4) is 0 Å². The first kappa shape index (κ1) is 14.8. The van der Waals surface area contributed by atoms with Gasteiger partial charge in [0.2, 0.25) is 0 Å². The number of benzene rings is 1. The van der Waals surface area contributed by atoms with Crippen molar-refractivity contribution in [3.05, 3.63) is 29.8 Å². The van der Waals surface area contributed by atoms with Crippen molar-refractivity contribution >= 4 is 17.7 Å².